The van der Waals surface area contributed by atoms with Crippen molar-refractivity contribution < 1.29 is 17.9 Å². The van der Waals surface area contributed by atoms with E-state index in [0.29, 0.717) is 24.4 Å². The van der Waals surface area contributed by atoms with E-state index in [-0.39, 0.29) is 5.56 Å². The van der Waals surface area contributed by atoms with Crippen LogP contribution in [0.15, 0.2) is 48.5 Å². The second-order valence-corrected chi connectivity index (χ2v) is 6.01. The molecule has 26 heavy (non-hydrogen) atoms. The number of nitrogens with zero attached hydrogens (tertiary/aromatic N) is 2. The molecule has 0 unspecified atom stereocenters. The van der Waals surface area contributed by atoms with Crippen LogP contribution in [-0.4, -0.2) is 23.4 Å². The van der Waals surface area contributed by atoms with E-state index in [2.05, 4.69) is 10.4 Å². The Labute approximate surface area is 148 Å². The van der Waals surface area contributed by atoms with Gasteiger partial charge in [0.25, 0.3) is 0 Å². The zero-order valence-electron chi connectivity index (χ0n) is 14.0. The van der Waals surface area contributed by atoms with Crippen LogP contribution in [0.2, 0.25) is 0 Å². The summed E-state index contributed by atoms with van der Waals surface area (Å²) >= 11 is 0. The van der Waals surface area contributed by atoms with Crippen LogP contribution in [-0.2, 0) is 12.6 Å². The second kappa shape index (κ2) is 6.09. The Morgan fingerprint density at radius 2 is 1.81 bits per heavy atom. The Balaban J connectivity index is 1.88. The lowest BCUT2D eigenvalue weighted by Gasteiger charge is -2.11. The van der Waals surface area contributed by atoms with E-state index in [1.807, 2.05) is 12.1 Å². The van der Waals surface area contributed by atoms with Gasteiger partial charge in [-0.25, -0.2) is 4.68 Å². The monoisotopic (exact) mass is 359 g/mol. The van der Waals surface area contributed by atoms with Gasteiger partial charge in [0.1, 0.15) is 11.6 Å². The molecule has 134 valence electrons. The van der Waals surface area contributed by atoms with E-state index in [9.17, 15) is 13.2 Å². The first kappa shape index (κ1) is 16.5. The van der Waals surface area contributed by atoms with Gasteiger partial charge in [0.2, 0.25) is 0 Å². The van der Waals surface area contributed by atoms with Crippen LogP contribution in [0.4, 0.5) is 19.0 Å². The molecule has 4 nitrogen and oxygen atoms in total. The molecule has 1 aromatic heterocycles. The van der Waals surface area contributed by atoms with Gasteiger partial charge in [-0.1, -0.05) is 18.2 Å². The summed E-state index contributed by atoms with van der Waals surface area (Å²) in [5.74, 6) is 1.44. The smallest absolute Gasteiger partial charge is 0.417 e. The zero-order valence-corrected chi connectivity index (χ0v) is 14.0. The maximum Gasteiger partial charge on any atom is 0.417 e. The molecule has 1 aliphatic heterocycles. The summed E-state index contributed by atoms with van der Waals surface area (Å²) in [5.41, 5.74) is 1.36. The predicted octanol–water partition coefficient (Wildman–Crippen LogP) is 4.53. The summed E-state index contributed by atoms with van der Waals surface area (Å²) in [4.78, 5) is 0. The van der Waals surface area contributed by atoms with E-state index in [4.69, 9.17) is 4.74 Å². The van der Waals surface area contributed by atoms with Gasteiger partial charge in [0.15, 0.2) is 0 Å². The summed E-state index contributed by atoms with van der Waals surface area (Å²) in [7, 11) is 1.58. The highest BCUT2D eigenvalue weighted by Crippen LogP contribution is 2.41. The number of hydrogen-bond acceptors (Lipinski definition) is 3. The van der Waals surface area contributed by atoms with Gasteiger partial charge < -0.3 is 10.1 Å². The normalized spacial score (nSPS) is 13.4. The summed E-state index contributed by atoms with van der Waals surface area (Å²) in [5, 5.41) is 7.75. The van der Waals surface area contributed by atoms with Crippen LogP contribution in [0.3, 0.4) is 0 Å². The van der Waals surface area contributed by atoms with Crippen molar-refractivity contribution in [3.8, 4) is 22.7 Å². The molecule has 3 aromatic rings. The highest BCUT2D eigenvalue weighted by molar-refractivity contribution is 5.75. The van der Waals surface area contributed by atoms with Crippen LogP contribution < -0.4 is 10.1 Å². The Hall–Kier alpha value is -2.96. The SMILES string of the molecule is COc1ccc(-n2nc(-c3ccccc3C(F)(F)F)c3c2NCC3)cc1. The minimum Gasteiger partial charge on any atom is -0.497 e. The summed E-state index contributed by atoms with van der Waals surface area (Å²) < 4.78 is 47.1. The molecule has 0 saturated carbocycles. The van der Waals surface area contributed by atoms with Crippen molar-refractivity contribution in [1.82, 2.24) is 9.78 Å². The predicted molar refractivity (Wildman–Crippen MR) is 92.7 cm³/mol. The van der Waals surface area contributed by atoms with Crippen molar-refractivity contribution in [2.24, 2.45) is 0 Å². The topological polar surface area (TPSA) is 39.1 Å². The maximum atomic E-state index is 13.4. The van der Waals surface area contributed by atoms with Crippen LogP contribution in [0.25, 0.3) is 16.9 Å². The molecule has 1 N–H and O–H groups in total. The Kier molecular flexibility index (Phi) is 3.86. The van der Waals surface area contributed by atoms with Crippen molar-refractivity contribution in [3.63, 3.8) is 0 Å². The highest BCUT2D eigenvalue weighted by atomic mass is 19.4. The number of ether oxygens (including phenoxy) is 1. The number of nitrogens with one attached hydrogen (secondary N) is 1. The van der Waals surface area contributed by atoms with E-state index < -0.39 is 11.7 Å². The Bertz CT molecular complexity index is 946. The van der Waals surface area contributed by atoms with E-state index >= 15 is 0 Å². The average molecular weight is 359 g/mol. The van der Waals surface area contributed by atoms with E-state index in [1.165, 1.54) is 12.1 Å². The molecule has 7 heteroatoms. The molecule has 1 aliphatic rings. The third-order valence-corrected chi connectivity index (χ3v) is 4.46. The molecular formula is C19H16F3N3O. The molecule has 0 spiro atoms. The number of methoxy groups -OCH3 is 1. The average Bonchev–Trinajstić information content (AvgIpc) is 3.24. The van der Waals surface area contributed by atoms with Crippen LogP contribution >= 0.6 is 0 Å². The number of rotatable bonds is 3. The molecule has 0 bridgehead atoms. The highest BCUT2D eigenvalue weighted by Gasteiger charge is 2.35. The molecule has 0 radical (unpaired) electrons. The lowest BCUT2D eigenvalue weighted by atomic mass is 10.0. The first-order valence-corrected chi connectivity index (χ1v) is 8.16. The molecule has 4 rings (SSSR count). The van der Waals surface area contributed by atoms with Gasteiger partial charge in [-0.05, 0) is 36.8 Å². The standard InChI is InChI=1S/C19H16F3N3O/c1-26-13-8-6-12(7-9-13)25-18-15(10-11-23-18)17(24-25)14-4-2-3-5-16(14)19(20,21)22/h2-9,23H,10-11H2,1H3. The van der Waals surface area contributed by atoms with Gasteiger partial charge >= 0.3 is 6.18 Å². The summed E-state index contributed by atoms with van der Waals surface area (Å²) in [6, 6.07) is 12.8. The molecule has 0 aliphatic carbocycles. The zero-order chi connectivity index (χ0) is 18.3. The first-order chi connectivity index (χ1) is 12.5. The summed E-state index contributed by atoms with van der Waals surface area (Å²) in [6.07, 6.45) is -3.80. The van der Waals surface area contributed by atoms with Gasteiger partial charge in [-0.3, -0.25) is 0 Å². The quantitative estimate of drug-likeness (QED) is 0.747. The van der Waals surface area contributed by atoms with Crippen LogP contribution in [0, 0.1) is 0 Å². The van der Waals surface area contributed by atoms with Gasteiger partial charge in [0.05, 0.1) is 24.1 Å². The van der Waals surface area contributed by atoms with Crippen molar-refractivity contribution in [3.05, 3.63) is 59.7 Å². The Morgan fingerprint density at radius 1 is 1.08 bits per heavy atom. The van der Waals surface area contributed by atoms with Crippen molar-refractivity contribution in [2.45, 2.75) is 12.6 Å². The second-order valence-electron chi connectivity index (χ2n) is 6.01. The van der Waals surface area contributed by atoms with Gasteiger partial charge in [-0.15, -0.1) is 0 Å². The molecule has 0 atom stereocenters. The summed E-state index contributed by atoms with van der Waals surface area (Å²) in [6.45, 7) is 0.671. The molecule has 0 fully saturated rings. The van der Waals surface area contributed by atoms with Gasteiger partial charge in [0, 0.05) is 17.7 Å². The van der Waals surface area contributed by atoms with E-state index in [1.54, 1.807) is 30.0 Å². The fourth-order valence-corrected chi connectivity index (χ4v) is 3.24. The molecule has 2 heterocycles. The number of benzene rings is 2. The lowest BCUT2D eigenvalue weighted by molar-refractivity contribution is -0.137. The number of alkyl halides is 3. The fourth-order valence-electron chi connectivity index (χ4n) is 3.24. The third kappa shape index (κ3) is 2.69. The van der Waals surface area contributed by atoms with Crippen molar-refractivity contribution >= 4 is 5.82 Å². The first-order valence-electron chi connectivity index (χ1n) is 8.16. The van der Waals surface area contributed by atoms with Crippen molar-refractivity contribution in [1.29, 1.82) is 0 Å². The number of halogens is 3. The van der Waals surface area contributed by atoms with Gasteiger partial charge in [-0.2, -0.15) is 18.3 Å². The van der Waals surface area contributed by atoms with Crippen LogP contribution in [0.5, 0.6) is 5.75 Å². The Morgan fingerprint density at radius 3 is 2.50 bits per heavy atom. The fraction of sp³-hybridized carbons (Fsp3) is 0.211. The molecular weight excluding hydrogens is 343 g/mol. The molecule has 0 amide bonds. The number of anilines is 1. The lowest BCUT2D eigenvalue weighted by Crippen LogP contribution is -2.08. The van der Waals surface area contributed by atoms with Crippen molar-refractivity contribution in [2.75, 3.05) is 19.0 Å². The number of fused-ring (bicyclic) bond motifs is 1. The number of aromatic nitrogens is 2. The molecule has 0 saturated heterocycles. The van der Waals surface area contributed by atoms with E-state index in [0.717, 1.165) is 23.1 Å². The minimum absolute atomic E-state index is 0.104. The minimum atomic E-state index is -4.43. The maximum absolute atomic E-state index is 13.4. The third-order valence-electron chi connectivity index (χ3n) is 4.46. The molecule has 2 aromatic carbocycles. The number of hydrogen-bond donors (Lipinski definition) is 1. The van der Waals surface area contributed by atoms with Crippen LogP contribution in [0.1, 0.15) is 11.1 Å². The largest absolute Gasteiger partial charge is 0.497 e.